The van der Waals surface area contributed by atoms with E-state index in [2.05, 4.69) is 119 Å². The van der Waals surface area contributed by atoms with Gasteiger partial charge in [0.15, 0.2) is 0 Å². The number of amides is 3. The average Bonchev–Trinajstić information content (AvgIpc) is 3.35. The summed E-state index contributed by atoms with van der Waals surface area (Å²) in [7, 11) is 0. The highest BCUT2D eigenvalue weighted by molar-refractivity contribution is 5.74. The van der Waals surface area contributed by atoms with Crippen molar-refractivity contribution in [3.05, 3.63) is 77.4 Å². The SMILES string of the molecule is CC(C)=CCN(c1ccc(CCc2ccccc2)cc1)C1CCN(C=O)CC1.CC(C)CC(C)NC(=O)N1CCCCCC1.CCC. The highest BCUT2D eigenvalue weighted by atomic mass is 16.2. The van der Waals surface area contributed by atoms with E-state index >= 15 is 0 Å². The standard InChI is InChI=1S/C25H32N2O.C13H26N2O.C3H8/c1-21(2)14-19-27(25-15-17-26(20-28)18-16-25)24-12-10-23(11-13-24)9-8-22-6-4-3-5-7-22;1-11(2)10-12(3)14-13(16)15-8-6-4-5-7-9-15;1-3-2/h3-7,10-14,20,25H,8-9,15-19H2,1-2H3;11-12H,4-10H2,1-3H3,(H,14,16);3H2,1-2H3. The largest absolute Gasteiger partial charge is 0.365 e. The number of aryl methyl sites for hydroxylation is 2. The van der Waals surface area contributed by atoms with Gasteiger partial charge in [0.1, 0.15) is 0 Å². The lowest BCUT2D eigenvalue weighted by atomic mass is 10.0. The molecule has 6 nitrogen and oxygen atoms in total. The molecule has 0 spiro atoms. The molecule has 2 aromatic carbocycles. The van der Waals surface area contributed by atoms with E-state index in [0.717, 1.165) is 84.1 Å². The van der Waals surface area contributed by atoms with E-state index in [9.17, 15) is 9.59 Å². The number of urea groups is 1. The Kier molecular flexibility index (Phi) is 19.6. The van der Waals surface area contributed by atoms with Gasteiger partial charge in [-0.3, -0.25) is 4.79 Å². The third-order valence-corrected chi connectivity index (χ3v) is 8.69. The molecule has 2 aliphatic rings. The van der Waals surface area contributed by atoms with Crippen LogP contribution in [0.25, 0.3) is 0 Å². The molecule has 4 rings (SSSR count). The summed E-state index contributed by atoms with van der Waals surface area (Å²) in [4.78, 5) is 29.4. The maximum Gasteiger partial charge on any atom is 0.317 e. The van der Waals surface area contributed by atoms with Crippen molar-refractivity contribution in [2.45, 2.75) is 125 Å². The van der Waals surface area contributed by atoms with Gasteiger partial charge in [0.05, 0.1) is 0 Å². The normalized spacial score (nSPS) is 15.7. The highest BCUT2D eigenvalue weighted by Crippen LogP contribution is 2.25. The molecule has 0 aromatic heterocycles. The summed E-state index contributed by atoms with van der Waals surface area (Å²) in [6.45, 7) is 19.5. The van der Waals surface area contributed by atoms with Gasteiger partial charge in [0, 0.05) is 50.5 Å². The minimum Gasteiger partial charge on any atom is -0.365 e. The molecule has 262 valence electrons. The molecule has 2 saturated heterocycles. The molecule has 2 heterocycles. The summed E-state index contributed by atoms with van der Waals surface area (Å²) in [5, 5.41) is 3.10. The first-order chi connectivity index (χ1) is 22.7. The second-order valence-corrected chi connectivity index (χ2v) is 14.0. The number of nitrogens with one attached hydrogen (secondary N) is 1. The van der Waals surface area contributed by atoms with Gasteiger partial charge >= 0.3 is 6.03 Å². The number of hydrogen-bond donors (Lipinski definition) is 1. The highest BCUT2D eigenvalue weighted by Gasteiger charge is 2.24. The average molecular weight is 647 g/mol. The van der Waals surface area contributed by atoms with E-state index in [-0.39, 0.29) is 12.1 Å². The minimum atomic E-state index is 0.134. The third-order valence-electron chi connectivity index (χ3n) is 8.69. The van der Waals surface area contributed by atoms with Crippen molar-refractivity contribution in [2.24, 2.45) is 5.92 Å². The van der Waals surface area contributed by atoms with Gasteiger partial charge in [-0.2, -0.15) is 0 Å². The van der Waals surface area contributed by atoms with Crippen LogP contribution in [0.3, 0.4) is 0 Å². The van der Waals surface area contributed by atoms with Crippen LogP contribution in [-0.4, -0.2) is 67.0 Å². The van der Waals surface area contributed by atoms with Crippen LogP contribution in [0.15, 0.2) is 66.2 Å². The van der Waals surface area contributed by atoms with Crippen LogP contribution in [0.4, 0.5) is 10.5 Å². The molecule has 1 N–H and O–H groups in total. The van der Waals surface area contributed by atoms with Crippen molar-refractivity contribution in [1.82, 2.24) is 15.1 Å². The van der Waals surface area contributed by atoms with Crippen molar-refractivity contribution in [2.75, 3.05) is 37.6 Å². The van der Waals surface area contributed by atoms with Gasteiger partial charge in [-0.15, -0.1) is 0 Å². The molecule has 2 aliphatic heterocycles. The maximum atomic E-state index is 12.0. The van der Waals surface area contributed by atoms with E-state index in [1.165, 1.54) is 41.6 Å². The van der Waals surface area contributed by atoms with E-state index < -0.39 is 0 Å². The van der Waals surface area contributed by atoms with Crippen molar-refractivity contribution in [3.63, 3.8) is 0 Å². The lowest BCUT2D eigenvalue weighted by Crippen LogP contribution is -2.44. The topological polar surface area (TPSA) is 55.9 Å². The number of anilines is 1. The van der Waals surface area contributed by atoms with Gasteiger partial charge < -0.3 is 20.0 Å². The first kappa shape index (κ1) is 39.9. The second-order valence-electron chi connectivity index (χ2n) is 14.0. The number of rotatable bonds is 11. The van der Waals surface area contributed by atoms with Crippen LogP contribution in [0.1, 0.15) is 111 Å². The van der Waals surface area contributed by atoms with Crippen molar-refractivity contribution in [3.8, 4) is 0 Å². The molecule has 0 aliphatic carbocycles. The number of benzene rings is 2. The molecule has 1 atom stereocenters. The number of allylic oxidation sites excluding steroid dienone is 1. The summed E-state index contributed by atoms with van der Waals surface area (Å²) in [6.07, 6.45) is 14.7. The van der Waals surface area contributed by atoms with Gasteiger partial charge in [0.25, 0.3) is 0 Å². The molecule has 47 heavy (non-hydrogen) atoms. The zero-order valence-electron chi connectivity index (χ0n) is 30.8. The molecular formula is C41H66N4O2. The van der Waals surface area contributed by atoms with Crippen molar-refractivity contribution in [1.29, 1.82) is 0 Å². The van der Waals surface area contributed by atoms with E-state index in [0.29, 0.717) is 12.0 Å². The third kappa shape index (κ3) is 16.4. The lowest BCUT2D eigenvalue weighted by molar-refractivity contribution is -0.119. The first-order valence-corrected chi connectivity index (χ1v) is 18.4. The fourth-order valence-electron chi connectivity index (χ4n) is 6.18. The predicted molar refractivity (Wildman–Crippen MR) is 201 cm³/mol. The predicted octanol–water partition coefficient (Wildman–Crippen LogP) is 9.29. The number of carbonyl (C=O) groups excluding carboxylic acids is 2. The van der Waals surface area contributed by atoms with Crippen LogP contribution < -0.4 is 10.2 Å². The summed E-state index contributed by atoms with van der Waals surface area (Å²) >= 11 is 0. The summed E-state index contributed by atoms with van der Waals surface area (Å²) in [6, 6.07) is 20.7. The Morgan fingerprint density at radius 1 is 0.851 bits per heavy atom. The summed E-state index contributed by atoms with van der Waals surface area (Å²) in [5.41, 5.74) is 5.39. The van der Waals surface area contributed by atoms with Gasteiger partial charge in [-0.1, -0.05) is 101 Å². The fourth-order valence-corrected chi connectivity index (χ4v) is 6.18. The smallest absolute Gasteiger partial charge is 0.317 e. The van der Waals surface area contributed by atoms with Crippen LogP contribution in [0, 0.1) is 5.92 Å². The van der Waals surface area contributed by atoms with Crippen LogP contribution in [0.2, 0.25) is 0 Å². The second kappa shape index (κ2) is 23.1. The molecule has 2 fully saturated rings. The molecule has 6 heteroatoms. The summed E-state index contributed by atoms with van der Waals surface area (Å²) < 4.78 is 0. The Hall–Kier alpha value is -3.28. The van der Waals surface area contributed by atoms with E-state index in [1.54, 1.807) is 0 Å². The van der Waals surface area contributed by atoms with Crippen molar-refractivity contribution < 1.29 is 9.59 Å². The Balaban J connectivity index is 0.000000342. The lowest BCUT2D eigenvalue weighted by Gasteiger charge is -2.38. The molecule has 3 amide bonds. The number of nitrogens with zero attached hydrogens (tertiary/aromatic N) is 3. The molecule has 0 bridgehead atoms. The minimum absolute atomic E-state index is 0.134. The van der Waals surface area contributed by atoms with Crippen LogP contribution >= 0.6 is 0 Å². The van der Waals surface area contributed by atoms with Gasteiger partial charge in [-0.25, -0.2) is 4.79 Å². The van der Waals surface area contributed by atoms with Crippen molar-refractivity contribution >= 4 is 18.1 Å². The molecule has 2 aromatic rings. The zero-order chi connectivity index (χ0) is 34.4. The first-order valence-electron chi connectivity index (χ1n) is 18.4. The Labute approximate surface area is 288 Å². The monoisotopic (exact) mass is 647 g/mol. The Morgan fingerprint density at radius 2 is 1.40 bits per heavy atom. The van der Waals surface area contributed by atoms with Gasteiger partial charge in [-0.05, 0) is 94.9 Å². The molecular weight excluding hydrogens is 580 g/mol. The quantitative estimate of drug-likeness (QED) is 0.196. The molecule has 0 saturated carbocycles. The Bertz CT molecular complexity index is 1130. The maximum absolute atomic E-state index is 12.0. The van der Waals surface area contributed by atoms with Crippen LogP contribution in [-0.2, 0) is 17.6 Å². The van der Waals surface area contributed by atoms with Crippen LogP contribution in [0.5, 0.6) is 0 Å². The van der Waals surface area contributed by atoms with Gasteiger partial charge in [0.2, 0.25) is 6.41 Å². The molecule has 0 radical (unpaired) electrons. The number of hydrogen-bond acceptors (Lipinski definition) is 3. The van der Waals surface area contributed by atoms with E-state index in [4.69, 9.17) is 0 Å². The number of carbonyl (C=O) groups is 2. The zero-order valence-corrected chi connectivity index (χ0v) is 30.8. The van der Waals surface area contributed by atoms with E-state index in [1.807, 2.05) is 9.80 Å². The Morgan fingerprint density at radius 3 is 1.91 bits per heavy atom. The number of likely N-dealkylation sites (tertiary alicyclic amines) is 2. The number of piperidine rings is 1. The molecule has 1 unspecified atom stereocenters. The fraction of sp³-hybridized carbons (Fsp3) is 0.610. The summed E-state index contributed by atoms with van der Waals surface area (Å²) in [5.74, 6) is 0.638.